The minimum Gasteiger partial charge on any atom is -0.371 e. The Morgan fingerprint density at radius 2 is 2.12 bits per heavy atom. The van der Waals surface area contributed by atoms with E-state index in [1.807, 2.05) is 13.1 Å². The first kappa shape index (κ1) is 21.4. The first-order valence-corrected chi connectivity index (χ1v) is 8.83. The van der Waals surface area contributed by atoms with Crippen molar-refractivity contribution in [3.63, 3.8) is 0 Å². The summed E-state index contributed by atoms with van der Waals surface area (Å²) in [6.07, 6.45) is 1.19. The van der Waals surface area contributed by atoms with Crippen molar-refractivity contribution in [2.45, 2.75) is 27.2 Å². The molecule has 0 radical (unpaired) electrons. The average Bonchev–Trinajstić information content (AvgIpc) is 2.98. The smallest absolute Gasteiger partial charge is 0.190 e. The lowest BCUT2D eigenvalue weighted by Crippen LogP contribution is -2.41. The molecule has 2 N–H and O–H groups in total. The summed E-state index contributed by atoms with van der Waals surface area (Å²) < 4.78 is 0. The SMILES string of the molecule is CN=C(NCC(C)C)NCC1CCN(c2cc(Cl)ccc2C)C1.I. The largest absolute Gasteiger partial charge is 0.371 e. The van der Waals surface area contributed by atoms with Crippen molar-refractivity contribution in [3.05, 3.63) is 28.8 Å². The maximum absolute atomic E-state index is 6.15. The highest BCUT2D eigenvalue weighted by Gasteiger charge is 2.23. The van der Waals surface area contributed by atoms with Gasteiger partial charge in [-0.15, -0.1) is 24.0 Å². The highest BCUT2D eigenvalue weighted by molar-refractivity contribution is 14.0. The minimum absolute atomic E-state index is 0. The van der Waals surface area contributed by atoms with Crippen LogP contribution in [0.15, 0.2) is 23.2 Å². The Labute approximate surface area is 168 Å². The third-order valence-electron chi connectivity index (χ3n) is 4.26. The van der Waals surface area contributed by atoms with Crippen LogP contribution in [0.25, 0.3) is 0 Å². The van der Waals surface area contributed by atoms with Gasteiger partial charge in [0.1, 0.15) is 0 Å². The summed E-state index contributed by atoms with van der Waals surface area (Å²) in [6, 6.07) is 6.14. The second-order valence-electron chi connectivity index (χ2n) is 6.76. The van der Waals surface area contributed by atoms with Crippen LogP contribution in [0.5, 0.6) is 0 Å². The first-order chi connectivity index (χ1) is 11.0. The van der Waals surface area contributed by atoms with Crippen LogP contribution >= 0.6 is 35.6 Å². The minimum atomic E-state index is 0. The summed E-state index contributed by atoms with van der Waals surface area (Å²) in [7, 11) is 1.83. The Kier molecular flexibility index (Phi) is 9.19. The van der Waals surface area contributed by atoms with E-state index < -0.39 is 0 Å². The fourth-order valence-electron chi connectivity index (χ4n) is 2.90. The molecule has 1 heterocycles. The zero-order chi connectivity index (χ0) is 16.8. The molecular weight excluding hydrogens is 435 g/mol. The zero-order valence-electron chi connectivity index (χ0n) is 15.1. The van der Waals surface area contributed by atoms with E-state index in [0.717, 1.165) is 37.2 Å². The van der Waals surface area contributed by atoms with Crippen LogP contribution in [0.2, 0.25) is 5.02 Å². The topological polar surface area (TPSA) is 39.7 Å². The number of benzene rings is 1. The quantitative estimate of drug-likeness (QED) is 0.394. The number of aryl methyl sites for hydroxylation is 1. The van der Waals surface area contributed by atoms with Crippen molar-refractivity contribution < 1.29 is 0 Å². The lowest BCUT2D eigenvalue weighted by Gasteiger charge is -2.22. The van der Waals surface area contributed by atoms with Crippen LogP contribution in [0, 0.1) is 18.8 Å². The number of hydrogen-bond acceptors (Lipinski definition) is 2. The molecule has 1 aliphatic heterocycles. The lowest BCUT2D eigenvalue weighted by atomic mass is 10.1. The summed E-state index contributed by atoms with van der Waals surface area (Å²) >= 11 is 6.15. The zero-order valence-corrected chi connectivity index (χ0v) is 18.2. The molecule has 24 heavy (non-hydrogen) atoms. The van der Waals surface area contributed by atoms with Gasteiger partial charge in [0.2, 0.25) is 0 Å². The molecule has 6 heteroatoms. The maximum Gasteiger partial charge on any atom is 0.190 e. The lowest BCUT2D eigenvalue weighted by molar-refractivity contribution is 0.557. The van der Waals surface area contributed by atoms with E-state index in [0.29, 0.717) is 11.8 Å². The first-order valence-electron chi connectivity index (χ1n) is 8.45. The number of nitrogens with one attached hydrogen (secondary N) is 2. The summed E-state index contributed by atoms with van der Waals surface area (Å²) in [6.45, 7) is 10.6. The molecule has 1 aliphatic rings. The van der Waals surface area contributed by atoms with Gasteiger partial charge < -0.3 is 15.5 Å². The number of anilines is 1. The van der Waals surface area contributed by atoms with E-state index in [4.69, 9.17) is 11.6 Å². The molecule has 1 aromatic rings. The number of hydrogen-bond donors (Lipinski definition) is 2. The molecule has 136 valence electrons. The Morgan fingerprint density at radius 3 is 2.79 bits per heavy atom. The summed E-state index contributed by atoms with van der Waals surface area (Å²) in [4.78, 5) is 6.73. The van der Waals surface area contributed by atoms with Gasteiger partial charge in [0.05, 0.1) is 0 Å². The fourth-order valence-corrected chi connectivity index (χ4v) is 3.07. The average molecular weight is 465 g/mol. The number of guanidine groups is 1. The Hall–Kier alpha value is -0.690. The molecule has 1 unspecified atom stereocenters. The van der Waals surface area contributed by atoms with Crippen molar-refractivity contribution in [1.29, 1.82) is 0 Å². The van der Waals surface area contributed by atoms with Gasteiger partial charge in [-0.1, -0.05) is 31.5 Å². The van der Waals surface area contributed by atoms with E-state index >= 15 is 0 Å². The standard InChI is InChI=1S/C18H29ClN4.HI/c1-13(2)10-21-18(20-4)22-11-15-7-8-23(12-15)17-9-16(19)6-5-14(17)3;/h5-6,9,13,15H,7-8,10-12H2,1-4H3,(H2,20,21,22);1H. The van der Waals surface area contributed by atoms with Crippen LogP contribution in [0.1, 0.15) is 25.8 Å². The molecule has 0 spiro atoms. The predicted molar refractivity (Wildman–Crippen MR) is 116 cm³/mol. The van der Waals surface area contributed by atoms with Gasteiger partial charge in [0.25, 0.3) is 0 Å². The molecule has 1 atom stereocenters. The summed E-state index contributed by atoms with van der Waals surface area (Å²) in [5, 5.41) is 7.62. The van der Waals surface area contributed by atoms with Crippen molar-refractivity contribution in [3.8, 4) is 0 Å². The fraction of sp³-hybridized carbons (Fsp3) is 0.611. The molecule has 0 amide bonds. The molecule has 0 aromatic heterocycles. The number of nitrogens with zero attached hydrogens (tertiary/aromatic N) is 2. The third kappa shape index (κ3) is 6.31. The number of aliphatic imine (C=N–C) groups is 1. The molecule has 2 rings (SSSR count). The van der Waals surface area contributed by atoms with Crippen molar-refractivity contribution in [1.82, 2.24) is 10.6 Å². The second kappa shape index (κ2) is 10.3. The van der Waals surface area contributed by atoms with Crippen LogP contribution < -0.4 is 15.5 Å². The van der Waals surface area contributed by atoms with Gasteiger partial charge in [-0.25, -0.2) is 0 Å². The molecular formula is C18H30ClIN4. The monoisotopic (exact) mass is 464 g/mol. The molecule has 1 fully saturated rings. The van der Waals surface area contributed by atoms with Crippen molar-refractivity contribution in [2.75, 3.05) is 38.1 Å². The maximum atomic E-state index is 6.15. The third-order valence-corrected chi connectivity index (χ3v) is 4.49. The summed E-state index contributed by atoms with van der Waals surface area (Å²) in [5.41, 5.74) is 2.56. The van der Waals surface area contributed by atoms with E-state index in [1.54, 1.807) is 0 Å². The Bertz CT molecular complexity index is 548. The van der Waals surface area contributed by atoms with E-state index in [-0.39, 0.29) is 24.0 Å². The van der Waals surface area contributed by atoms with Crippen LogP contribution in [0.4, 0.5) is 5.69 Å². The molecule has 0 saturated carbocycles. The van der Waals surface area contributed by atoms with Gasteiger partial charge in [-0.3, -0.25) is 4.99 Å². The van der Waals surface area contributed by atoms with E-state index in [1.165, 1.54) is 17.7 Å². The van der Waals surface area contributed by atoms with Gasteiger partial charge in [0, 0.05) is 43.9 Å². The second-order valence-corrected chi connectivity index (χ2v) is 7.20. The van der Waals surface area contributed by atoms with E-state index in [9.17, 15) is 0 Å². The highest BCUT2D eigenvalue weighted by atomic mass is 127. The predicted octanol–water partition coefficient (Wildman–Crippen LogP) is 3.91. The molecule has 0 bridgehead atoms. The van der Waals surface area contributed by atoms with Crippen LogP contribution in [-0.4, -0.2) is 39.2 Å². The van der Waals surface area contributed by atoms with Gasteiger partial charge in [-0.2, -0.15) is 0 Å². The molecule has 0 aliphatic carbocycles. The van der Waals surface area contributed by atoms with Gasteiger partial charge in [-0.05, 0) is 42.9 Å². The number of halogens is 2. The van der Waals surface area contributed by atoms with Crippen LogP contribution in [-0.2, 0) is 0 Å². The Balaban J connectivity index is 0.00000288. The van der Waals surface area contributed by atoms with Gasteiger partial charge >= 0.3 is 0 Å². The highest BCUT2D eigenvalue weighted by Crippen LogP contribution is 2.29. The van der Waals surface area contributed by atoms with E-state index in [2.05, 4.69) is 53.4 Å². The molecule has 1 aromatic carbocycles. The van der Waals surface area contributed by atoms with Crippen molar-refractivity contribution >= 4 is 47.2 Å². The van der Waals surface area contributed by atoms with Gasteiger partial charge in [0.15, 0.2) is 5.96 Å². The molecule has 4 nitrogen and oxygen atoms in total. The van der Waals surface area contributed by atoms with Crippen molar-refractivity contribution in [2.24, 2.45) is 16.8 Å². The normalized spacial score (nSPS) is 17.8. The summed E-state index contributed by atoms with van der Waals surface area (Å²) in [5.74, 6) is 2.14. The number of rotatable bonds is 5. The Morgan fingerprint density at radius 1 is 1.38 bits per heavy atom. The van der Waals surface area contributed by atoms with Crippen LogP contribution in [0.3, 0.4) is 0 Å². The molecule has 1 saturated heterocycles.